The Hall–Kier alpha value is -1.85. The lowest BCUT2D eigenvalue weighted by Gasteiger charge is -2.18. The number of pyridine rings is 1. The highest BCUT2D eigenvalue weighted by atomic mass is 19.4. The predicted octanol–water partition coefficient (Wildman–Crippen LogP) is 3.84. The lowest BCUT2D eigenvalue weighted by Crippen LogP contribution is -2.16. The Labute approximate surface area is 114 Å². The number of hydrogen-bond donors (Lipinski definition) is 0. The van der Waals surface area contributed by atoms with Gasteiger partial charge in [-0.15, -0.1) is 0 Å². The molecule has 1 aromatic rings. The van der Waals surface area contributed by atoms with Gasteiger partial charge in [-0.3, -0.25) is 0 Å². The third kappa shape index (κ3) is 3.00. The van der Waals surface area contributed by atoms with E-state index >= 15 is 0 Å². The molecule has 108 valence electrons. The van der Waals surface area contributed by atoms with Crippen molar-refractivity contribution in [2.24, 2.45) is 0 Å². The number of nitrogens with zero attached hydrogens (tertiary/aromatic N) is 1. The fraction of sp³-hybridized carbons (Fsp3) is 0.429. The number of rotatable bonds is 2. The molecule has 0 saturated carbocycles. The molecule has 6 heteroatoms. The van der Waals surface area contributed by atoms with Crippen LogP contribution < -0.4 is 0 Å². The number of alkyl halides is 3. The lowest BCUT2D eigenvalue weighted by molar-refractivity contribution is -0.141. The maximum atomic E-state index is 13.1. The largest absolute Gasteiger partial charge is 0.464 e. The van der Waals surface area contributed by atoms with E-state index in [-0.39, 0.29) is 11.3 Å². The smallest absolute Gasteiger partial charge is 0.433 e. The molecule has 1 aromatic heterocycles. The second kappa shape index (κ2) is 5.64. The summed E-state index contributed by atoms with van der Waals surface area (Å²) in [5, 5.41) is 0. The molecule has 0 aromatic carbocycles. The van der Waals surface area contributed by atoms with Crippen LogP contribution in [0.2, 0.25) is 0 Å². The van der Waals surface area contributed by atoms with Crippen LogP contribution in [0.1, 0.15) is 47.4 Å². The maximum Gasteiger partial charge on any atom is 0.433 e. The van der Waals surface area contributed by atoms with Crippen LogP contribution in [0.4, 0.5) is 13.2 Å². The zero-order valence-corrected chi connectivity index (χ0v) is 11.0. The van der Waals surface area contributed by atoms with Crippen LogP contribution in [0.3, 0.4) is 0 Å². The molecule has 0 amide bonds. The molecule has 0 spiro atoms. The quantitative estimate of drug-likeness (QED) is 0.775. The summed E-state index contributed by atoms with van der Waals surface area (Å²) in [6.45, 7) is 0. The first kappa shape index (κ1) is 14.6. The van der Waals surface area contributed by atoms with E-state index in [1.807, 2.05) is 6.08 Å². The highest BCUT2D eigenvalue weighted by Crippen LogP contribution is 2.36. The summed E-state index contributed by atoms with van der Waals surface area (Å²) < 4.78 is 43.7. The van der Waals surface area contributed by atoms with Gasteiger partial charge in [0.1, 0.15) is 5.69 Å². The van der Waals surface area contributed by atoms with Gasteiger partial charge in [0.2, 0.25) is 0 Å². The second-order valence-electron chi connectivity index (χ2n) is 4.56. The summed E-state index contributed by atoms with van der Waals surface area (Å²) in [7, 11) is 1.11. The van der Waals surface area contributed by atoms with Crippen molar-refractivity contribution in [3.8, 4) is 0 Å². The van der Waals surface area contributed by atoms with Crippen molar-refractivity contribution in [3.63, 3.8) is 0 Å². The number of hydrogen-bond acceptors (Lipinski definition) is 3. The number of halogens is 3. The fourth-order valence-corrected chi connectivity index (χ4v) is 2.24. The van der Waals surface area contributed by atoms with Gasteiger partial charge in [-0.1, -0.05) is 12.1 Å². The maximum absolute atomic E-state index is 13.1. The van der Waals surface area contributed by atoms with Gasteiger partial charge < -0.3 is 4.74 Å². The highest BCUT2D eigenvalue weighted by molar-refractivity contribution is 5.87. The van der Waals surface area contributed by atoms with E-state index in [4.69, 9.17) is 0 Å². The number of ether oxygens (including phenoxy) is 1. The van der Waals surface area contributed by atoms with Crippen LogP contribution in [0, 0.1) is 0 Å². The third-order valence-corrected chi connectivity index (χ3v) is 3.20. The first-order valence-corrected chi connectivity index (χ1v) is 6.29. The van der Waals surface area contributed by atoms with Crippen LogP contribution >= 0.6 is 0 Å². The van der Waals surface area contributed by atoms with Crippen LogP contribution in [0.15, 0.2) is 18.2 Å². The van der Waals surface area contributed by atoms with Gasteiger partial charge in [0.15, 0.2) is 5.69 Å². The molecule has 1 heterocycles. The van der Waals surface area contributed by atoms with E-state index in [2.05, 4.69) is 9.72 Å². The predicted molar refractivity (Wildman–Crippen MR) is 67.0 cm³/mol. The molecule has 0 atom stereocenters. The molecule has 1 aliphatic carbocycles. The van der Waals surface area contributed by atoms with Crippen molar-refractivity contribution in [1.82, 2.24) is 4.98 Å². The van der Waals surface area contributed by atoms with Gasteiger partial charge in [-0.05, 0) is 37.3 Å². The molecule has 0 fully saturated rings. The van der Waals surface area contributed by atoms with Crippen molar-refractivity contribution in [2.45, 2.75) is 31.9 Å². The van der Waals surface area contributed by atoms with Crippen molar-refractivity contribution >= 4 is 11.5 Å². The normalized spacial score (nSPS) is 15.7. The Morgan fingerprint density at radius 3 is 2.60 bits per heavy atom. The number of esters is 1. The van der Waals surface area contributed by atoms with Gasteiger partial charge in [0.25, 0.3) is 0 Å². The molecule has 20 heavy (non-hydrogen) atoms. The summed E-state index contributed by atoms with van der Waals surface area (Å²) >= 11 is 0. The molecule has 0 bridgehead atoms. The molecule has 0 unspecified atom stereocenters. The minimum Gasteiger partial charge on any atom is -0.464 e. The van der Waals surface area contributed by atoms with E-state index in [0.29, 0.717) is 12.0 Å². The van der Waals surface area contributed by atoms with Crippen molar-refractivity contribution in [1.29, 1.82) is 0 Å². The Balaban J connectivity index is 2.51. The summed E-state index contributed by atoms with van der Waals surface area (Å²) in [6.07, 6.45) is 0.430. The molecule has 0 aliphatic heterocycles. The zero-order valence-electron chi connectivity index (χ0n) is 11.0. The van der Waals surface area contributed by atoms with Gasteiger partial charge in [-0.2, -0.15) is 13.2 Å². The Morgan fingerprint density at radius 2 is 2.05 bits per heavy atom. The van der Waals surface area contributed by atoms with E-state index in [9.17, 15) is 18.0 Å². The first-order valence-electron chi connectivity index (χ1n) is 6.29. The van der Waals surface area contributed by atoms with Crippen molar-refractivity contribution in [3.05, 3.63) is 35.2 Å². The lowest BCUT2D eigenvalue weighted by atomic mass is 9.92. The summed E-state index contributed by atoms with van der Waals surface area (Å²) in [5.74, 6) is -0.875. The number of aromatic nitrogens is 1. The minimum absolute atomic E-state index is 0.0600. The fourth-order valence-electron chi connectivity index (χ4n) is 2.24. The molecule has 3 nitrogen and oxygen atoms in total. The standard InChI is InChI=1S/C14H14F3NO2/c1-20-13(19)11-8-7-10(9-5-3-2-4-6-9)12(18-11)14(15,16)17/h5,7-8H,2-4,6H2,1H3. The number of carbonyl (C=O) groups excluding carboxylic acids is 1. The average molecular weight is 285 g/mol. The van der Waals surface area contributed by atoms with Crippen LogP contribution in [-0.2, 0) is 10.9 Å². The zero-order chi connectivity index (χ0) is 14.8. The Kier molecular flexibility index (Phi) is 4.11. The molecule has 0 radical (unpaired) electrons. The van der Waals surface area contributed by atoms with E-state index in [1.54, 1.807) is 0 Å². The highest BCUT2D eigenvalue weighted by Gasteiger charge is 2.37. The molecular weight excluding hydrogens is 271 g/mol. The van der Waals surface area contributed by atoms with Gasteiger partial charge >= 0.3 is 12.1 Å². The monoisotopic (exact) mass is 285 g/mol. The summed E-state index contributed by atoms with van der Waals surface area (Å²) in [4.78, 5) is 14.8. The molecule has 0 N–H and O–H groups in total. The second-order valence-corrected chi connectivity index (χ2v) is 4.56. The topological polar surface area (TPSA) is 39.2 Å². The van der Waals surface area contributed by atoms with Gasteiger partial charge in [0, 0.05) is 5.56 Å². The Morgan fingerprint density at radius 1 is 1.30 bits per heavy atom. The number of methoxy groups -OCH3 is 1. The van der Waals surface area contributed by atoms with Crippen LogP contribution in [0.25, 0.3) is 5.57 Å². The van der Waals surface area contributed by atoms with E-state index in [1.165, 1.54) is 12.1 Å². The molecular formula is C14H14F3NO2. The van der Waals surface area contributed by atoms with E-state index in [0.717, 1.165) is 26.4 Å². The van der Waals surface area contributed by atoms with Crippen molar-refractivity contribution < 1.29 is 22.7 Å². The number of carbonyl (C=O) groups is 1. The first-order chi connectivity index (χ1) is 9.43. The SMILES string of the molecule is COC(=O)c1ccc(C2=CCCCC2)c(C(F)(F)F)n1. The third-order valence-electron chi connectivity index (χ3n) is 3.20. The van der Waals surface area contributed by atoms with Crippen LogP contribution in [-0.4, -0.2) is 18.1 Å². The van der Waals surface area contributed by atoms with Gasteiger partial charge in [0.05, 0.1) is 7.11 Å². The van der Waals surface area contributed by atoms with Gasteiger partial charge in [-0.25, -0.2) is 9.78 Å². The Bertz CT molecular complexity index is 550. The molecule has 1 aliphatic rings. The average Bonchev–Trinajstić information content (AvgIpc) is 2.46. The minimum atomic E-state index is -4.60. The van der Waals surface area contributed by atoms with Crippen LogP contribution in [0.5, 0.6) is 0 Å². The van der Waals surface area contributed by atoms with E-state index < -0.39 is 17.8 Å². The number of allylic oxidation sites excluding steroid dienone is 2. The summed E-state index contributed by atoms with van der Waals surface area (Å²) in [5.41, 5.74) is -0.647. The molecule has 2 rings (SSSR count). The molecule has 0 saturated heterocycles. The van der Waals surface area contributed by atoms with Crippen molar-refractivity contribution in [2.75, 3.05) is 7.11 Å². The summed E-state index contributed by atoms with van der Waals surface area (Å²) in [6, 6.07) is 2.57.